The molecule has 6 nitrogen and oxygen atoms in total. The third-order valence-electron chi connectivity index (χ3n) is 3.80. The van der Waals surface area contributed by atoms with Crippen LogP contribution in [0.15, 0.2) is 42.5 Å². The molecule has 28 heavy (non-hydrogen) atoms. The van der Waals surface area contributed by atoms with Crippen molar-refractivity contribution in [1.82, 2.24) is 0 Å². The molecule has 0 unspecified atom stereocenters. The number of phenolic OH excluding ortho intramolecular Hbond substituents is 1. The van der Waals surface area contributed by atoms with E-state index in [4.69, 9.17) is 5.14 Å². The average Bonchev–Trinajstić information content (AvgIpc) is 3.07. The third-order valence-corrected chi connectivity index (χ3v) is 5.35. The first-order valence-corrected chi connectivity index (χ1v) is 10.0. The fourth-order valence-electron chi connectivity index (χ4n) is 2.58. The lowest BCUT2D eigenvalue weighted by molar-refractivity contribution is 0.103. The Labute approximate surface area is 163 Å². The summed E-state index contributed by atoms with van der Waals surface area (Å²) in [5.74, 6) is -4.08. The Morgan fingerprint density at radius 1 is 1.14 bits per heavy atom. The maximum atomic E-state index is 14.0. The van der Waals surface area contributed by atoms with Crippen LogP contribution in [-0.2, 0) is 10.3 Å². The second-order valence-corrected chi connectivity index (χ2v) is 8.04. The molecule has 0 bridgehead atoms. The van der Waals surface area contributed by atoms with Crippen LogP contribution in [0.1, 0.15) is 20.8 Å². The van der Waals surface area contributed by atoms with Crippen LogP contribution >= 0.6 is 11.3 Å². The Bertz CT molecular complexity index is 1190. The van der Waals surface area contributed by atoms with Crippen LogP contribution in [0, 0.1) is 18.6 Å². The second kappa shape index (κ2) is 7.30. The Hall–Kier alpha value is -2.82. The molecule has 0 saturated heterocycles. The van der Waals surface area contributed by atoms with Crippen molar-refractivity contribution >= 4 is 27.4 Å². The zero-order chi connectivity index (χ0) is 20.6. The molecule has 0 radical (unpaired) electrons. The zero-order valence-electron chi connectivity index (χ0n) is 14.3. The number of aryl methyl sites for hydroxylation is 1. The van der Waals surface area contributed by atoms with Crippen molar-refractivity contribution < 1.29 is 31.3 Å². The van der Waals surface area contributed by atoms with Crippen molar-refractivity contribution in [3.8, 4) is 21.9 Å². The smallest absolute Gasteiger partial charge is 0.380 e. The minimum absolute atomic E-state index is 0.0282. The van der Waals surface area contributed by atoms with Crippen LogP contribution in [0.2, 0.25) is 0 Å². The van der Waals surface area contributed by atoms with E-state index in [1.54, 1.807) is 19.1 Å². The number of hydrogen-bond donors (Lipinski definition) is 2. The Balaban J connectivity index is 1.95. The van der Waals surface area contributed by atoms with Gasteiger partial charge in [-0.1, -0.05) is 0 Å². The zero-order valence-corrected chi connectivity index (χ0v) is 15.9. The quantitative estimate of drug-likeness (QED) is 0.609. The number of aromatic hydroxyl groups is 1. The molecule has 0 fully saturated rings. The molecule has 0 aliphatic carbocycles. The summed E-state index contributed by atoms with van der Waals surface area (Å²) < 4.78 is 54.5. The van der Waals surface area contributed by atoms with Crippen molar-refractivity contribution in [2.24, 2.45) is 5.14 Å². The normalized spacial score (nSPS) is 11.4. The molecule has 0 spiro atoms. The van der Waals surface area contributed by atoms with Gasteiger partial charge in [0.25, 0.3) is 0 Å². The largest absolute Gasteiger partial charge is 0.505 e. The van der Waals surface area contributed by atoms with Crippen LogP contribution in [-0.4, -0.2) is 19.3 Å². The summed E-state index contributed by atoms with van der Waals surface area (Å²) in [6, 6.07) is 9.08. The fraction of sp³-hybridized carbons (Fsp3) is 0.0556. The predicted molar refractivity (Wildman–Crippen MR) is 99.7 cm³/mol. The molecule has 2 aromatic carbocycles. The summed E-state index contributed by atoms with van der Waals surface area (Å²) in [4.78, 5) is 13.2. The molecular formula is C18H13F2NO5S2. The van der Waals surface area contributed by atoms with Crippen molar-refractivity contribution in [1.29, 1.82) is 0 Å². The van der Waals surface area contributed by atoms with Crippen LogP contribution in [0.5, 0.6) is 11.5 Å². The number of benzene rings is 2. The molecule has 1 heterocycles. The molecule has 3 rings (SSSR count). The van der Waals surface area contributed by atoms with E-state index in [1.165, 1.54) is 18.2 Å². The van der Waals surface area contributed by atoms with E-state index in [2.05, 4.69) is 4.18 Å². The van der Waals surface area contributed by atoms with E-state index in [0.717, 1.165) is 23.5 Å². The van der Waals surface area contributed by atoms with Gasteiger partial charge in [-0.2, -0.15) is 13.6 Å². The lowest BCUT2D eigenvalue weighted by Crippen LogP contribution is -2.18. The van der Waals surface area contributed by atoms with Crippen molar-refractivity contribution in [2.75, 3.05) is 0 Å². The predicted octanol–water partition coefficient (Wildman–Crippen LogP) is 3.52. The maximum Gasteiger partial charge on any atom is 0.380 e. The van der Waals surface area contributed by atoms with E-state index in [-0.39, 0.29) is 10.6 Å². The fourth-order valence-corrected chi connectivity index (χ4v) is 3.99. The van der Waals surface area contributed by atoms with Crippen molar-refractivity contribution in [2.45, 2.75) is 6.92 Å². The number of rotatable bonds is 5. The molecule has 0 atom stereocenters. The van der Waals surface area contributed by atoms with Gasteiger partial charge in [0.05, 0.1) is 10.4 Å². The summed E-state index contributed by atoms with van der Waals surface area (Å²) in [6.45, 7) is 1.70. The van der Waals surface area contributed by atoms with Gasteiger partial charge in [-0.05, 0) is 60.5 Å². The van der Waals surface area contributed by atoms with E-state index >= 15 is 0 Å². The molecule has 10 heteroatoms. The summed E-state index contributed by atoms with van der Waals surface area (Å²) in [5, 5.41) is 14.2. The van der Waals surface area contributed by atoms with Gasteiger partial charge in [-0.25, -0.2) is 8.78 Å². The maximum absolute atomic E-state index is 14.0. The number of halogens is 2. The van der Waals surface area contributed by atoms with Crippen molar-refractivity contribution in [3.05, 3.63) is 70.1 Å². The molecule has 0 aliphatic heterocycles. The van der Waals surface area contributed by atoms with Crippen LogP contribution < -0.4 is 9.32 Å². The van der Waals surface area contributed by atoms with Gasteiger partial charge in [0.2, 0.25) is 5.78 Å². The molecular weight excluding hydrogens is 412 g/mol. The standard InChI is InChI=1S/C18H13F2NO5S2/c1-9-8-10(26-28(21,24)25)2-3-11(9)14-6-7-15(27-14)18(23)16-12(19)4-5-13(22)17(16)20/h2-8,22H,1H3,(H2,21,24,25). The molecule has 3 aromatic rings. The van der Waals surface area contributed by atoms with Crippen molar-refractivity contribution in [3.63, 3.8) is 0 Å². The van der Waals surface area contributed by atoms with Gasteiger partial charge in [0.15, 0.2) is 11.6 Å². The molecule has 146 valence electrons. The SMILES string of the molecule is Cc1cc(OS(N)(=O)=O)ccc1-c1ccc(C(=O)c2c(F)ccc(O)c2F)s1. The van der Waals surface area contributed by atoms with E-state index < -0.39 is 39.0 Å². The molecule has 0 saturated carbocycles. The van der Waals surface area contributed by atoms with E-state index in [9.17, 15) is 27.1 Å². The van der Waals surface area contributed by atoms with Gasteiger partial charge in [0, 0.05) is 4.88 Å². The highest BCUT2D eigenvalue weighted by Crippen LogP contribution is 2.34. The average molecular weight is 425 g/mol. The van der Waals surface area contributed by atoms with Gasteiger partial charge >= 0.3 is 10.3 Å². The summed E-state index contributed by atoms with van der Waals surface area (Å²) in [6.07, 6.45) is 0. The number of nitrogens with two attached hydrogens (primary N) is 1. The summed E-state index contributed by atoms with van der Waals surface area (Å²) >= 11 is 0.997. The topological polar surface area (TPSA) is 107 Å². The van der Waals surface area contributed by atoms with Gasteiger partial charge in [-0.15, -0.1) is 11.3 Å². The van der Waals surface area contributed by atoms with E-state index in [0.29, 0.717) is 16.0 Å². The third kappa shape index (κ3) is 4.03. The Morgan fingerprint density at radius 3 is 2.50 bits per heavy atom. The highest BCUT2D eigenvalue weighted by atomic mass is 32.2. The highest BCUT2D eigenvalue weighted by Gasteiger charge is 2.23. The Kier molecular flexibility index (Phi) is 5.20. The first kappa shape index (κ1) is 19.9. The second-order valence-electron chi connectivity index (χ2n) is 5.80. The Morgan fingerprint density at radius 2 is 1.86 bits per heavy atom. The number of hydrogen-bond acceptors (Lipinski definition) is 6. The first-order valence-electron chi connectivity index (χ1n) is 7.71. The minimum Gasteiger partial charge on any atom is -0.505 e. The van der Waals surface area contributed by atoms with Crippen LogP contribution in [0.25, 0.3) is 10.4 Å². The number of carbonyl (C=O) groups excluding carboxylic acids is 1. The highest BCUT2D eigenvalue weighted by molar-refractivity contribution is 7.84. The number of ketones is 1. The number of phenols is 1. The number of thiophene rings is 1. The summed E-state index contributed by atoms with van der Waals surface area (Å²) in [5.41, 5.74) is 0.474. The van der Waals surface area contributed by atoms with Gasteiger partial charge in [-0.3, -0.25) is 4.79 Å². The van der Waals surface area contributed by atoms with Crippen LogP contribution in [0.4, 0.5) is 8.78 Å². The minimum atomic E-state index is -4.15. The molecule has 1 aromatic heterocycles. The van der Waals surface area contributed by atoms with Gasteiger partial charge in [0.1, 0.15) is 11.6 Å². The molecule has 3 N–H and O–H groups in total. The molecule has 0 amide bonds. The number of carbonyl (C=O) groups is 1. The first-order chi connectivity index (χ1) is 13.1. The summed E-state index contributed by atoms with van der Waals surface area (Å²) in [7, 11) is -4.15. The van der Waals surface area contributed by atoms with Crippen LogP contribution in [0.3, 0.4) is 0 Å². The van der Waals surface area contributed by atoms with Gasteiger partial charge < -0.3 is 9.29 Å². The molecule has 0 aliphatic rings. The monoisotopic (exact) mass is 425 g/mol. The van der Waals surface area contributed by atoms with E-state index in [1.807, 2.05) is 0 Å². The lowest BCUT2D eigenvalue weighted by Gasteiger charge is -2.07. The lowest BCUT2D eigenvalue weighted by atomic mass is 10.1.